The molecule has 0 fully saturated rings. The molecule has 25 heavy (non-hydrogen) atoms. The minimum absolute atomic E-state index is 0.181. The molecule has 3 aromatic rings. The average molecular weight is 332 g/mol. The van der Waals surface area contributed by atoms with Crippen LogP contribution in [0.5, 0.6) is 0 Å². The molecule has 2 aromatic heterocycles. The first-order valence-electron chi connectivity index (χ1n) is 7.87. The van der Waals surface area contributed by atoms with E-state index in [1.807, 2.05) is 49.4 Å². The highest BCUT2D eigenvalue weighted by Gasteiger charge is 2.33. The molecule has 3 heterocycles. The number of fused-ring (bicyclic) bond motifs is 1. The summed E-state index contributed by atoms with van der Waals surface area (Å²) in [7, 11) is 0. The van der Waals surface area contributed by atoms with Gasteiger partial charge in [-0.3, -0.25) is 9.78 Å². The van der Waals surface area contributed by atoms with Crippen LogP contribution in [0.1, 0.15) is 18.5 Å². The van der Waals surface area contributed by atoms with Crippen LogP contribution in [0.3, 0.4) is 0 Å². The summed E-state index contributed by atoms with van der Waals surface area (Å²) >= 11 is 0. The Morgan fingerprint density at radius 2 is 1.92 bits per heavy atom. The second-order valence-electron chi connectivity index (χ2n) is 5.70. The van der Waals surface area contributed by atoms with Gasteiger partial charge >= 0.3 is 0 Å². The Morgan fingerprint density at radius 3 is 2.68 bits per heavy atom. The first-order valence-corrected chi connectivity index (χ1v) is 7.87. The zero-order chi connectivity index (χ0) is 17.2. The van der Waals surface area contributed by atoms with E-state index in [4.69, 9.17) is 0 Å². The molecule has 124 valence electrons. The molecule has 1 unspecified atom stereocenters. The molecule has 0 spiro atoms. The fraction of sp³-hybridized carbons (Fsp3) is 0.111. The normalized spacial score (nSPS) is 16.1. The highest BCUT2D eigenvalue weighted by atomic mass is 16.1. The van der Waals surface area contributed by atoms with E-state index in [1.165, 1.54) is 6.33 Å². The molecule has 0 aliphatic carbocycles. The molecule has 1 atom stereocenters. The first-order chi connectivity index (χ1) is 12.2. The number of hydrogen-bond donors (Lipinski definition) is 2. The monoisotopic (exact) mass is 332 g/mol. The number of anilines is 2. The van der Waals surface area contributed by atoms with Crippen molar-refractivity contribution in [1.29, 1.82) is 0 Å². The van der Waals surface area contributed by atoms with E-state index in [0.29, 0.717) is 11.5 Å². The van der Waals surface area contributed by atoms with Crippen LogP contribution >= 0.6 is 0 Å². The number of amides is 1. The van der Waals surface area contributed by atoms with E-state index in [-0.39, 0.29) is 11.9 Å². The lowest BCUT2D eigenvalue weighted by Gasteiger charge is -2.28. The van der Waals surface area contributed by atoms with E-state index in [1.54, 1.807) is 17.1 Å². The first kappa shape index (κ1) is 15.1. The zero-order valence-electron chi connectivity index (χ0n) is 13.5. The quantitative estimate of drug-likeness (QED) is 0.770. The van der Waals surface area contributed by atoms with Gasteiger partial charge in [-0.25, -0.2) is 4.68 Å². The molecule has 2 N–H and O–H groups in total. The van der Waals surface area contributed by atoms with Gasteiger partial charge < -0.3 is 10.6 Å². The van der Waals surface area contributed by atoms with Crippen molar-refractivity contribution in [3.05, 3.63) is 78.0 Å². The largest absolute Gasteiger partial charge is 0.328 e. The van der Waals surface area contributed by atoms with E-state index in [9.17, 15) is 4.79 Å². The summed E-state index contributed by atoms with van der Waals surface area (Å²) in [6.45, 7) is 1.87. The number of benzene rings is 1. The summed E-state index contributed by atoms with van der Waals surface area (Å²) in [5, 5.41) is 10.4. The predicted octanol–water partition coefficient (Wildman–Crippen LogP) is 2.60. The number of para-hydroxylation sites is 1. The number of aromatic nitrogens is 4. The number of hydrogen-bond acceptors (Lipinski definition) is 5. The molecule has 1 aliphatic heterocycles. The van der Waals surface area contributed by atoms with Gasteiger partial charge in [-0.15, -0.1) is 0 Å². The molecule has 0 bridgehead atoms. The number of carbonyl (C=O) groups is 1. The van der Waals surface area contributed by atoms with Gasteiger partial charge in [-0.05, 0) is 36.8 Å². The molecule has 1 amide bonds. The van der Waals surface area contributed by atoms with Crippen molar-refractivity contribution in [1.82, 2.24) is 19.7 Å². The lowest BCUT2D eigenvalue weighted by atomic mass is 9.96. The molecule has 1 aromatic carbocycles. The van der Waals surface area contributed by atoms with Gasteiger partial charge in [0.1, 0.15) is 12.4 Å². The summed E-state index contributed by atoms with van der Waals surface area (Å²) < 4.78 is 1.71. The zero-order valence-corrected chi connectivity index (χ0v) is 13.5. The van der Waals surface area contributed by atoms with Crippen LogP contribution in [-0.4, -0.2) is 25.7 Å². The van der Waals surface area contributed by atoms with Crippen LogP contribution < -0.4 is 10.6 Å². The third-order valence-corrected chi connectivity index (χ3v) is 4.09. The Kier molecular flexibility index (Phi) is 3.74. The second kappa shape index (κ2) is 6.20. The lowest BCUT2D eigenvalue weighted by Crippen LogP contribution is -2.31. The van der Waals surface area contributed by atoms with Gasteiger partial charge in [0.2, 0.25) is 5.95 Å². The van der Waals surface area contributed by atoms with Crippen LogP contribution in [-0.2, 0) is 4.79 Å². The van der Waals surface area contributed by atoms with E-state index < -0.39 is 0 Å². The number of nitrogens with zero attached hydrogens (tertiary/aromatic N) is 4. The van der Waals surface area contributed by atoms with Crippen LogP contribution in [0, 0.1) is 0 Å². The molecule has 4 rings (SSSR count). The number of nitrogens with one attached hydrogen (secondary N) is 2. The fourth-order valence-electron chi connectivity index (χ4n) is 2.96. The number of rotatable bonds is 3. The summed E-state index contributed by atoms with van der Waals surface area (Å²) in [6, 6.07) is 12.8. The van der Waals surface area contributed by atoms with E-state index >= 15 is 0 Å². The van der Waals surface area contributed by atoms with Crippen molar-refractivity contribution in [2.24, 2.45) is 0 Å². The Hall–Kier alpha value is -3.48. The van der Waals surface area contributed by atoms with Crippen LogP contribution in [0.15, 0.2) is 72.5 Å². The fourth-order valence-corrected chi connectivity index (χ4v) is 2.96. The van der Waals surface area contributed by atoms with Gasteiger partial charge in [0.05, 0.1) is 5.57 Å². The summed E-state index contributed by atoms with van der Waals surface area (Å²) in [5.74, 6) is 0.426. The molecule has 1 aliphatic rings. The Morgan fingerprint density at radius 1 is 1.16 bits per heavy atom. The van der Waals surface area contributed by atoms with Gasteiger partial charge in [-0.2, -0.15) is 10.1 Å². The molecule has 7 nitrogen and oxygen atoms in total. The molecule has 0 saturated heterocycles. The van der Waals surface area contributed by atoms with Crippen molar-refractivity contribution in [2.75, 3.05) is 10.6 Å². The van der Waals surface area contributed by atoms with Crippen molar-refractivity contribution < 1.29 is 4.79 Å². The minimum atomic E-state index is -0.370. The molecule has 0 saturated carbocycles. The summed E-state index contributed by atoms with van der Waals surface area (Å²) in [6.07, 6.45) is 4.88. The highest BCUT2D eigenvalue weighted by molar-refractivity contribution is 6.05. The van der Waals surface area contributed by atoms with E-state index in [2.05, 4.69) is 25.7 Å². The maximum absolute atomic E-state index is 13.0. The van der Waals surface area contributed by atoms with Crippen LogP contribution in [0.25, 0.3) is 0 Å². The Labute approximate surface area is 144 Å². The standard InChI is InChI=1S/C18H16N6O/c1-12-15(17(25)23-14-5-3-2-4-6-14)16(13-7-9-19-10-8-13)24-18(22-12)20-11-21-24/h2-11,16H,1H3,(H,23,25)(H,20,21,22). The van der Waals surface area contributed by atoms with E-state index in [0.717, 1.165) is 16.9 Å². The lowest BCUT2D eigenvalue weighted by molar-refractivity contribution is -0.113. The third-order valence-electron chi connectivity index (χ3n) is 4.09. The van der Waals surface area contributed by atoms with Gasteiger partial charge in [-0.1, -0.05) is 18.2 Å². The van der Waals surface area contributed by atoms with Crippen LogP contribution in [0.2, 0.25) is 0 Å². The molecular weight excluding hydrogens is 316 g/mol. The minimum Gasteiger partial charge on any atom is -0.328 e. The molecular formula is C18H16N6O. The van der Waals surface area contributed by atoms with Crippen molar-refractivity contribution in [3.8, 4) is 0 Å². The Balaban J connectivity index is 1.77. The number of pyridine rings is 1. The third kappa shape index (κ3) is 2.76. The SMILES string of the molecule is CC1=C(C(=O)Nc2ccccc2)C(c2ccncc2)n2ncnc2N1. The highest BCUT2D eigenvalue weighted by Crippen LogP contribution is 2.34. The summed E-state index contributed by atoms with van der Waals surface area (Å²) in [5.41, 5.74) is 3.00. The average Bonchev–Trinajstić information content (AvgIpc) is 3.10. The second-order valence-corrected chi connectivity index (χ2v) is 5.70. The molecule has 7 heteroatoms. The van der Waals surface area contributed by atoms with Crippen LogP contribution in [0.4, 0.5) is 11.6 Å². The smallest absolute Gasteiger partial charge is 0.255 e. The number of carbonyl (C=O) groups excluding carboxylic acids is 1. The predicted molar refractivity (Wildman–Crippen MR) is 93.8 cm³/mol. The maximum Gasteiger partial charge on any atom is 0.255 e. The van der Waals surface area contributed by atoms with Gasteiger partial charge in [0.25, 0.3) is 5.91 Å². The van der Waals surface area contributed by atoms with Crippen molar-refractivity contribution in [3.63, 3.8) is 0 Å². The van der Waals surface area contributed by atoms with Crippen molar-refractivity contribution in [2.45, 2.75) is 13.0 Å². The van der Waals surface area contributed by atoms with Gasteiger partial charge in [0.15, 0.2) is 0 Å². The summed E-state index contributed by atoms with van der Waals surface area (Å²) in [4.78, 5) is 21.3. The number of allylic oxidation sites excluding steroid dienone is 1. The molecule has 0 radical (unpaired) electrons. The Bertz CT molecular complexity index is 932. The van der Waals surface area contributed by atoms with Crippen molar-refractivity contribution >= 4 is 17.5 Å². The topological polar surface area (TPSA) is 84.7 Å². The van der Waals surface area contributed by atoms with Gasteiger partial charge in [0, 0.05) is 23.8 Å². The maximum atomic E-state index is 13.0.